The molecule has 1 aromatic carbocycles. The minimum atomic E-state index is -3.56. The molecule has 1 aliphatic rings. The van der Waals surface area contributed by atoms with Crippen LogP contribution in [0.2, 0.25) is 0 Å². The van der Waals surface area contributed by atoms with Gasteiger partial charge in [-0.1, -0.05) is 6.07 Å². The fourth-order valence-corrected chi connectivity index (χ4v) is 4.21. The van der Waals surface area contributed by atoms with E-state index in [1.165, 1.54) is 23.5 Å². The Morgan fingerprint density at radius 1 is 1.36 bits per heavy atom. The highest BCUT2D eigenvalue weighted by Gasteiger charge is 2.29. The number of ether oxygens (including phenoxy) is 1. The Balaban J connectivity index is 2.16. The molecule has 0 unspecified atom stereocenters. The molecule has 122 valence electrons. The lowest BCUT2D eigenvalue weighted by Crippen LogP contribution is -2.40. The number of carbonyl (C=O) groups excluding carboxylic acids is 1. The summed E-state index contributed by atoms with van der Waals surface area (Å²) < 4.78 is 31.5. The van der Waals surface area contributed by atoms with Crippen LogP contribution in [0.3, 0.4) is 0 Å². The SMILES string of the molecule is CNCC1CCN(S(=O)(=O)c2cccc(C(=O)OC)c2)CC1. The van der Waals surface area contributed by atoms with Crippen LogP contribution in [0.1, 0.15) is 23.2 Å². The highest BCUT2D eigenvalue weighted by molar-refractivity contribution is 7.89. The summed E-state index contributed by atoms with van der Waals surface area (Å²) in [6.45, 7) is 1.93. The topological polar surface area (TPSA) is 75.7 Å². The van der Waals surface area contributed by atoms with Gasteiger partial charge in [-0.25, -0.2) is 13.2 Å². The molecule has 0 radical (unpaired) electrons. The second-order valence-electron chi connectivity index (χ2n) is 5.42. The molecule has 1 aromatic rings. The van der Waals surface area contributed by atoms with Crippen molar-refractivity contribution in [3.05, 3.63) is 29.8 Å². The molecule has 0 spiro atoms. The first-order valence-corrected chi connectivity index (χ1v) is 8.76. The summed E-state index contributed by atoms with van der Waals surface area (Å²) in [5.74, 6) is -0.0253. The number of hydrogen-bond donors (Lipinski definition) is 1. The molecule has 1 fully saturated rings. The standard InChI is InChI=1S/C15H22N2O4S/c1-16-11-12-6-8-17(9-7-12)22(19,20)14-5-3-4-13(10-14)15(18)21-2/h3-5,10,12,16H,6-9,11H2,1-2H3. The van der Waals surface area contributed by atoms with Crippen LogP contribution in [0.25, 0.3) is 0 Å². The van der Waals surface area contributed by atoms with Crippen molar-refractivity contribution in [1.82, 2.24) is 9.62 Å². The number of methoxy groups -OCH3 is 1. The molecule has 0 saturated carbocycles. The number of nitrogens with zero attached hydrogens (tertiary/aromatic N) is 1. The fourth-order valence-electron chi connectivity index (χ4n) is 2.69. The van der Waals surface area contributed by atoms with Crippen LogP contribution in [0.15, 0.2) is 29.2 Å². The van der Waals surface area contributed by atoms with Crippen molar-refractivity contribution in [2.75, 3.05) is 33.8 Å². The predicted molar refractivity (Wildman–Crippen MR) is 83.2 cm³/mol. The third-order valence-electron chi connectivity index (χ3n) is 3.96. The van der Waals surface area contributed by atoms with E-state index < -0.39 is 16.0 Å². The first-order chi connectivity index (χ1) is 10.5. The number of nitrogens with one attached hydrogen (secondary N) is 1. The maximum absolute atomic E-state index is 12.7. The van der Waals surface area contributed by atoms with Crippen LogP contribution in [-0.2, 0) is 14.8 Å². The molecule has 2 rings (SSSR count). The minimum absolute atomic E-state index is 0.141. The van der Waals surface area contributed by atoms with Gasteiger partial charge in [-0.05, 0) is 50.6 Å². The summed E-state index contributed by atoms with van der Waals surface area (Å²) in [6, 6.07) is 6.00. The molecule has 1 heterocycles. The van der Waals surface area contributed by atoms with Crippen LogP contribution in [0.4, 0.5) is 0 Å². The van der Waals surface area contributed by atoms with E-state index in [0.717, 1.165) is 19.4 Å². The number of sulfonamides is 1. The second kappa shape index (κ2) is 7.21. The molecule has 0 aliphatic carbocycles. The Hall–Kier alpha value is -1.44. The van der Waals surface area contributed by atoms with Gasteiger partial charge in [0.25, 0.3) is 0 Å². The lowest BCUT2D eigenvalue weighted by atomic mass is 9.98. The van der Waals surface area contributed by atoms with E-state index in [0.29, 0.717) is 19.0 Å². The van der Waals surface area contributed by atoms with Crippen molar-refractivity contribution in [3.63, 3.8) is 0 Å². The zero-order valence-corrected chi connectivity index (χ0v) is 13.7. The molecule has 0 atom stereocenters. The molecule has 1 saturated heterocycles. The van der Waals surface area contributed by atoms with Crippen LogP contribution in [0.5, 0.6) is 0 Å². The smallest absolute Gasteiger partial charge is 0.337 e. The van der Waals surface area contributed by atoms with Gasteiger partial charge in [0, 0.05) is 13.1 Å². The van der Waals surface area contributed by atoms with Crippen molar-refractivity contribution >= 4 is 16.0 Å². The first-order valence-electron chi connectivity index (χ1n) is 7.32. The Kier molecular flexibility index (Phi) is 5.55. The van der Waals surface area contributed by atoms with E-state index in [4.69, 9.17) is 0 Å². The van der Waals surface area contributed by atoms with E-state index in [9.17, 15) is 13.2 Å². The zero-order chi connectivity index (χ0) is 16.2. The molecule has 1 aliphatic heterocycles. The summed E-state index contributed by atoms with van der Waals surface area (Å²) in [4.78, 5) is 11.7. The van der Waals surface area contributed by atoms with E-state index in [-0.39, 0.29) is 10.5 Å². The molecule has 22 heavy (non-hydrogen) atoms. The number of esters is 1. The molecule has 0 bridgehead atoms. The van der Waals surface area contributed by atoms with Crippen LogP contribution in [0, 0.1) is 5.92 Å². The van der Waals surface area contributed by atoms with Crippen molar-refractivity contribution in [2.45, 2.75) is 17.7 Å². The lowest BCUT2D eigenvalue weighted by Gasteiger charge is -2.31. The molecule has 7 heteroatoms. The van der Waals surface area contributed by atoms with Gasteiger partial charge in [0.05, 0.1) is 17.6 Å². The van der Waals surface area contributed by atoms with Crippen LogP contribution >= 0.6 is 0 Å². The van der Waals surface area contributed by atoms with Crippen molar-refractivity contribution in [2.24, 2.45) is 5.92 Å². The van der Waals surface area contributed by atoms with Gasteiger partial charge >= 0.3 is 5.97 Å². The monoisotopic (exact) mass is 326 g/mol. The average molecular weight is 326 g/mol. The van der Waals surface area contributed by atoms with Crippen LogP contribution in [-0.4, -0.2) is 52.5 Å². The van der Waals surface area contributed by atoms with Crippen molar-refractivity contribution < 1.29 is 17.9 Å². The molecule has 1 N–H and O–H groups in total. The highest BCUT2D eigenvalue weighted by Crippen LogP contribution is 2.24. The van der Waals surface area contributed by atoms with Gasteiger partial charge < -0.3 is 10.1 Å². The maximum atomic E-state index is 12.7. The largest absolute Gasteiger partial charge is 0.465 e. The number of benzene rings is 1. The first kappa shape index (κ1) is 16.9. The molecular weight excluding hydrogens is 304 g/mol. The van der Waals surface area contributed by atoms with Crippen LogP contribution < -0.4 is 5.32 Å². The van der Waals surface area contributed by atoms with E-state index >= 15 is 0 Å². The number of carbonyl (C=O) groups is 1. The molecule has 6 nitrogen and oxygen atoms in total. The predicted octanol–water partition coefficient (Wildman–Crippen LogP) is 1.09. The quantitative estimate of drug-likeness (QED) is 0.820. The summed E-state index contributed by atoms with van der Waals surface area (Å²) >= 11 is 0. The van der Waals surface area contributed by atoms with Gasteiger partial charge in [-0.2, -0.15) is 4.31 Å². The maximum Gasteiger partial charge on any atom is 0.337 e. The molecule has 0 amide bonds. The van der Waals surface area contributed by atoms with E-state index in [2.05, 4.69) is 10.1 Å². The van der Waals surface area contributed by atoms with E-state index in [1.54, 1.807) is 12.1 Å². The summed E-state index contributed by atoms with van der Waals surface area (Å²) in [5, 5.41) is 3.13. The summed E-state index contributed by atoms with van der Waals surface area (Å²) in [7, 11) is -0.381. The van der Waals surface area contributed by atoms with E-state index in [1.807, 2.05) is 7.05 Å². The van der Waals surface area contributed by atoms with Crippen molar-refractivity contribution in [1.29, 1.82) is 0 Å². The normalized spacial score (nSPS) is 17.4. The van der Waals surface area contributed by atoms with Gasteiger partial charge in [0.1, 0.15) is 0 Å². The minimum Gasteiger partial charge on any atom is -0.465 e. The van der Waals surface area contributed by atoms with Gasteiger partial charge in [-0.15, -0.1) is 0 Å². The van der Waals surface area contributed by atoms with Gasteiger partial charge in [0.2, 0.25) is 10.0 Å². The zero-order valence-electron chi connectivity index (χ0n) is 12.9. The Morgan fingerprint density at radius 3 is 2.64 bits per heavy atom. The number of rotatable bonds is 5. The Morgan fingerprint density at radius 2 is 2.05 bits per heavy atom. The number of piperidine rings is 1. The van der Waals surface area contributed by atoms with Gasteiger partial charge in [-0.3, -0.25) is 0 Å². The average Bonchev–Trinajstić information content (AvgIpc) is 2.55. The lowest BCUT2D eigenvalue weighted by molar-refractivity contribution is 0.0600. The molecular formula is C15H22N2O4S. The second-order valence-corrected chi connectivity index (χ2v) is 7.36. The van der Waals surface area contributed by atoms with Gasteiger partial charge in [0.15, 0.2) is 0 Å². The molecule has 0 aromatic heterocycles. The Bertz CT molecular complexity index is 622. The summed E-state index contributed by atoms with van der Waals surface area (Å²) in [6.07, 6.45) is 1.69. The highest BCUT2D eigenvalue weighted by atomic mass is 32.2. The fraction of sp³-hybridized carbons (Fsp3) is 0.533. The third-order valence-corrected chi connectivity index (χ3v) is 5.85. The third kappa shape index (κ3) is 3.66. The Labute approximate surface area is 131 Å². The number of hydrogen-bond acceptors (Lipinski definition) is 5. The summed E-state index contributed by atoms with van der Waals surface area (Å²) in [5.41, 5.74) is 0.244. The van der Waals surface area contributed by atoms with Crippen molar-refractivity contribution in [3.8, 4) is 0 Å².